The SMILES string of the molecule is CNc1nc([C@H]2CC[C@@H](C(F)(F)F)CC2)n(-c2ccc(Cl)nc2)c(=O)c1Cl. The molecule has 5 nitrogen and oxygen atoms in total. The van der Waals surface area contributed by atoms with Gasteiger partial charge in [-0.1, -0.05) is 23.2 Å². The average Bonchev–Trinajstić information content (AvgIpc) is 2.64. The van der Waals surface area contributed by atoms with E-state index >= 15 is 0 Å². The molecule has 0 bridgehead atoms. The Kier molecular flexibility index (Phi) is 5.67. The molecular formula is C17H17Cl2F3N4O. The first kappa shape index (κ1) is 19.9. The van der Waals surface area contributed by atoms with Crippen LogP contribution in [-0.2, 0) is 0 Å². The Hall–Kier alpha value is -1.80. The second kappa shape index (κ2) is 7.67. The van der Waals surface area contributed by atoms with Crippen molar-refractivity contribution in [2.75, 3.05) is 12.4 Å². The Morgan fingerprint density at radius 3 is 2.37 bits per heavy atom. The highest BCUT2D eigenvalue weighted by Gasteiger charge is 2.42. The van der Waals surface area contributed by atoms with Gasteiger partial charge >= 0.3 is 6.18 Å². The molecule has 1 N–H and O–H groups in total. The quantitative estimate of drug-likeness (QED) is 0.723. The molecule has 0 atom stereocenters. The van der Waals surface area contributed by atoms with Crippen LogP contribution in [0.1, 0.15) is 37.4 Å². The summed E-state index contributed by atoms with van der Waals surface area (Å²) in [5.74, 6) is -1.04. The van der Waals surface area contributed by atoms with Crippen LogP contribution in [0.15, 0.2) is 23.1 Å². The first-order valence-corrected chi connectivity index (χ1v) is 9.16. The number of pyridine rings is 1. The molecule has 1 fully saturated rings. The third-order valence-electron chi connectivity index (χ3n) is 4.82. The third kappa shape index (κ3) is 4.06. The molecule has 27 heavy (non-hydrogen) atoms. The molecule has 2 aromatic rings. The van der Waals surface area contributed by atoms with Gasteiger partial charge < -0.3 is 5.32 Å². The van der Waals surface area contributed by atoms with Gasteiger partial charge in [-0.3, -0.25) is 9.36 Å². The van der Waals surface area contributed by atoms with Crippen molar-refractivity contribution in [2.45, 2.75) is 37.8 Å². The van der Waals surface area contributed by atoms with Gasteiger partial charge in [0.25, 0.3) is 5.56 Å². The van der Waals surface area contributed by atoms with Crippen LogP contribution in [0.25, 0.3) is 5.69 Å². The van der Waals surface area contributed by atoms with Gasteiger partial charge in [-0.25, -0.2) is 9.97 Å². The predicted octanol–water partition coefficient (Wildman–Crippen LogP) is 4.81. The molecule has 0 radical (unpaired) electrons. The standard InChI is InChI=1S/C17H17Cl2F3N4O/c1-23-14-13(19)16(27)26(11-6-7-12(18)24-8-11)15(25-14)9-2-4-10(5-3-9)17(20,21)22/h6-10,23H,2-5H2,1H3/t9-,10+. The Morgan fingerprint density at radius 1 is 1.19 bits per heavy atom. The van der Waals surface area contributed by atoms with E-state index in [2.05, 4.69) is 15.3 Å². The van der Waals surface area contributed by atoms with E-state index in [1.165, 1.54) is 16.8 Å². The smallest absolute Gasteiger partial charge is 0.372 e. The molecule has 1 saturated carbocycles. The molecule has 0 aromatic carbocycles. The summed E-state index contributed by atoms with van der Waals surface area (Å²) in [5, 5.41) is 2.92. The monoisotopic (exact) mass is 420 g/mol. The van der Waals surface area contributed by atoms with Crippen molar-refractivity contribution in [3.8, 4) is 5.69 Å². The zero-order valence-electron chi connectivity index (χ0n) is 14.4. The molecule has 2 heterocycles. The minimum Gasteiger partial charge on any atom is -0.372 e. The number of hydrogen-bond acceptors (Lipinski definition) is 4. The summed E-state index contributed by atoms with van der Waals surface area (Å²) in [5.41, 5.74) is -0.0949. The first-order valence-electron chi connectivity index (χ1n) is 8.41. The zero-order valence-corrected chi connectivity index (χ0v) is 15.9. The molecule has 0 spiro atoms. The Morgan fingerprint density at radius 2 is 1.85 bits per heavy atom. The molecule has 0 aliphatic heterocycles. The van der Waals surface area contributed by atoms with E-state index in [0.29, 0.717) is 11.5 Å². The van der Waals surface area contributed by atoms with Gasteiger partial charge in [-0.2, -0.15) is 13.2 Å². The lowest BCUT2D eigenvalue weighted by Gasteiger charge is -2.30. The second-order valence-electron chi connectivity index (χ2n) is 6.45. The fourth-order valence-corrected chi connectivity index (χ4v) is 3.72. The molecule has 146 valence electrons. The van der Waals surface area contributed by atoms with Gasteiger partial charge in [0.15, 0.2) is 5.82 Å². The van der Waals surface area contributed by atoms with E-state index in [1.807, 2.05) is 0 Å². The minimum atomic E-state index is -4.20. The van der Waals surface area contributed by atoms with Crippen molar-refractivity contribution in [2.24, 2.45) is 5.92 Å². The van der Waals surface area contributed by atoms with Crippen molar-refractivity contribution in [1.82, 2.24) is 14.5 Å². The summed E-state index contributed by atoms with van der Waals surface area (Å²) < 4.78 is 40.2. The van der Waals surface area contributed by atoms with E-state index < -0.39 is 17.7 Å². The van der Waals surface area contributed by atoms with Gasteiger partial charge in [0.1, 0.15) is 16.0 Å². The van der Waals surface area contributed by atoms with Crippen LogP contribution in [0.3, 0.4) is 0 Å². The van der Waals surface area contributed by atoms with E-state index in [-0.39, 0.29) is 47.6 Å². The molecule has 0 amide bonds. The highest BCUT2D eigenvalue weighted by molar-refractivity contribution is 6.32. The topological polar surface area (TPSA) is 59.8 Å². The second-order valence-corrected chi connectivity index (χ2v) is 7.22. The fraction of sp³-hybridized carbons (Fsp3) is 0.471. The van der Waals surface area contributed by atoms with Gasteiger partial charge in [0.2, 0.25) is 0 Å². The number of halogens is 5. The third-order valence-corrected chi connectivity index (χ3v) is 5.38. The number of nitrogens with zero attached hydrogens (tertiary/aromatic N) is 3. The average molecular weight is 421 g/mol. The van der Waals surface area contributed by atoms with Crippen molar-refractivity contribution in [3.63, 3.8) is 0 Å². The summed E-state index contributed by atoms with van der Waals surface area (Å²) >= 11 is 11.9. The van der Waals surface area contributed by atoms with E-state index in [0.717, 1.165) is 0 Å². The number of rotatable bonds is 3. The van der Waals surface area contributed by atoms with Crippen molar-refractivity contribution in [3.05, 3.63) is 44.7 Å². The highest BCUT2D eigenvalue weighted by atomic mass is 35.5. The molecule has 1 aliphatic rings. The number of alkyl halides is 3. The van der Waals surface area contributed by atoms with Crippen molar-refractivity contribution < 1.29 is 13.2 Å². The highest BCUT2D eigenvalue weighted by Crippen LogP contribution is 2.43. The van der Waals surface area contributed by atoms with Crippen LogP contribution in [-0.4, -0.2) is 27.8 Å². The molecule has 3 rings (SSSR count). The molecule has 0 saturated heterocycles. The summed E-state index contributed by atoms with van der Waals surface area (Å²) in [6.45, 7) is 0. The number of aromatic nitrogens is 3. The summed E-state index contributed by atoms with van der Waals surface area (Å²) in [6, 6.07) is 3.12. The zero-order chi connectivity index (χ0) is 19.8. The summed E-state index contributed by atoms with van der Waals surface area (Å²) in [4.78, 5) is 21.2. The van der Waals surface area contributed by atoms with Crippen LogP contribution in [0, 0.1) is 5.92 Å². The van der Waals surface area contributed by atoms with Crippen LogP contribution < -0.4 is 10.9 Å². The van der Waals surface area contributed by atoms with Crippen LogP contribution in [0.4, 0.5) is 19.0 Å². The van der Waals surface area contributed by atoms with E-state index in [1.54, 1.807) is 13.1 Å². The number of anilines is 1. The Bertz CT molecular complexity index is 875. The lowest BCUT2D eigenvalue weighted by molar-refractivity contribution is -0.182. The predicted molar refractivity (Wildman–Crippen MR) is 97.9 cm³/mol. The maximum Gasteiger partial charge on any atom is 0.391 e. The fourth-order valence-electron chi connectivity index (χ4n) is 3.39. The van der Waals surface area contributed by atoms with Gasteiger partial charge in [-0.15, -0.1) is 0 Å². The van der Waals surface area contributed by atoms with Gasteiger partial charge in [-0.05, 0) is 37.8 Å². The maximum atomic E-state index is 13.0. The van der Waals surface area contributed by atoms with Gasteiger partial charge in [0.05, 0.1) is 17.8 Å². The molecule has 2 aromatic heterocycles. The van der Waals surface area contributed by atoms with Crippen molar-refractivity contribution in [1.29, 1.82) is 0 Å². The lowest BCUT2D eigenvalue weighted by atomic mass is 9.81. The Balaban J connectivity index is 2.05. The Labute approximate surface area is 163 Å². The van der Waals surface area contributed by atoms with Crippen LogP contribution >= 0.6 is 23.2 Å². The maximum absolute atomic E-state index is 13.0. The van der Waals surface area contributed by atoms with E-state index in [4.69, 9.17) is 23.2 Å². The first-order chi connectivity index (χ1) is 12.7. The number of hydrogen-bond donors (Lipinski definition) is 1. The lowest BCUT2D eigenvalue weighted by Crippen LogP contribution is -2.31. The number of nitrogens with one attached hydrogen (secondary N) is 1. The molecule has 1 aliphatic carbocycles. The summed E-state index contributed by atoms with van der Waals surface area (Å²) in [6.07, 6.45) is -2.23. The van der Waals surface area contributed by atoms with Crippen LogP contribution in [0.5, 0.6) is 0 Å². The normalized spacial score (nSPS) is 20.5. The summed E-state index contributed by atoms with van der Waals surface area (Å²) in [7, 11) is 1.58. The van der Waals surface area contributed by atoms with Gasteiger partial charge in [0, 0.05) is 13.0 Å². The van der Waals surface area contributed by atoms with Crippen molar-refractivity contribution >= 4 is 29.0 Å². The molecular weight excluding hydrogens is 404 g/mol. The van der Waals surface area contributed by atoms with Crippen LogP contribution in [0.2, 0.25) is 10.2 Å². The van der Waals surface area contributed by atoms with E-state index in [9.17, 15) is 18.0 Å². The largest absolute Gasteiger partial charge is 0.391 e. The minimum absolute atomic E-state index is 0.000415. The molecule has 0 unspecified atom stereocenters. The molecule has 10 heteroatoms.